The topological polar surface area (TPSA) is 86.7 Å². The zero-order valence-corrected chi connectivity index (χ0v) is 14.1. The summed E-state index contributed by atoms with van der Waals surface area (Å²) < 4.78 is 0. The Morgan fingerprint density at radius 3 is 2.26 bits per heavy atom. The normalized spacial score (nSPS) is 21.4. The number of rotatable bonds is 4. The molecule has 1 fully saturated rings. The van der Waals surface area contributed by atoms with Crippen molar-refractivity contribution in [3.63, 3.8) is 0 Å². The lowest BCUT2D eigenvalue weighted by Crippen LogP contribution is -2.22. The number of halogens is 1. The molecular formula is C16H19ClN2O4. The van der Waals surface area contributed by atoms with Gasteiger partial charge in [0.2, 0.25) is 5.91 Å². The Kier molecular flexibility index (Phi) is 4.39. The number of carboxylic acids is 1. The van der Waals surface area contributed by atoms with Gasteiger partial charge in [0.15, 0.2) is 0 Å². The molecule has 0 radical (unpaired) electrons. The van der Waals surface area contributed by atoms with E-state index in [2.05, 4.69) is 5.32 Å². The Hall–Kier alpha value is -2.08. The van der Waals surface area contributed by atoms with Gasteiger partial charge in [-0.3, -0.25) is 14.4 Å². The maximum atomic E-state index is 12.3. The number of carboxylic acid groups (broad SMARTS) is 1. The molecule has 0 heterocycles. The van der Waals surface area contributed by atoms with Gasteiger partial charge >= 0.3 is 5.97 Å². The van der Waals surface area contributed by atoms with Gasteiger partial charge in [0, 0.05) is 19.8 Å². The van der Waals surface area contributed by atoms with E-state index in [9.17, 15) is 14.4 Å². The lowest BCUT2D eigenvalue weighted by atomic mass is 10.1. The van der Waals surface area contributed by atoms with Crippen LogP contribution in [0.5, 0.6) is 0 Å². The highest BCUT2D eigenvalue weighted by Crippen LogP contribution is 2.58. The average molecular weight is 339 g/mol. The lowest BCUT2D eigenvalue weighted by Gasteiger charge is -2.13. The highest BCUT2D eigenvalue weighted by Gasteiger charge is 2.65. The van der Waals surface area contributed by atoms with Crippen molar-refractivity contribution in [2.24, 2.45) is 17.3 Å². The summed E-state index contributed by atoms with van der Waals surface area (Å²) in [5.41, 5.74) is 0.201. The quantitative estimate of drug-likeness (QED) is 0.882. The van der Waals surface area contributed by atoms with Gasteiger partial charge in [-0.15, -0.1) is 0 Å². The standard InChI is InChI=1S/C16H19ClN2O4/c1-16(2)11(12(16)15(22)23)13(20)18-8-5-6-9(10(17)7-8)14(21)19(3)4/h5-7,11-12H,1-4H3,(H,18,20)(H,22,23)/t11-,12-/m0/s1. The molecule has 7 heteroatoms. The van der Waals surface area contributed by atoms with Gasteiger partial charge in [-0.2, -0.15) is 0 Å². The summed E-state index contributed by atoms with van der Waals surface area (Å²) in [6.45, 7) is 3.50. The summed E-state index contributed by atoms with van der Waals surface area (Å²) in [6, 6.07) is 4.60. The summed E-state index contributed by atoms with van der Waals surface area (Å²) in [4.78, 5) is 36.7. The molecular weight excluding hydrogens is 320 g/mol. The van der Waals surface area contributed by atoms with E-state index in [0.29, 0.717) is 11.3 Å². The number of benzene rings is 1. The molecule has 0 unspecified atom stereocenters. The van der Waals surface area contributed by atoms with Gasteiger partial charge < -0.3 is 15.3 Å². The van der Waals surface area contributed by atoms with Crippen molar-refractivity contribution in [3.8, 4) is 0 Å². The van der Waals surface area contributed by atoms with Crippen LogP contribution in [0.1, 0.15) is 24.2 Å². The molecule has 2 rings (SSSR count). The minimum Gasteiger partial charge on any atom is -0.481 e. The number of nitrogens with one attached hydrogen (secondary N) is 1. The smallest absolute Gasteiger partial charge is 0.307 e. The summed E-state index contributed by atoms with van der Waals surface area (Å²) in [6.07, 6.45) is 0. The molecule has 2 atom stereocenters. The Bertz CT molecular complexity index is 685. The van der Waals surface area contributed by atoms with E-state index < -0.39 is 23.2 Å². The van der Waals surface area contributed by atoms with Crippen LogP contribution in [-0.4, -0.2) is 41.9 Å². The van der Waals surface area contributed by atoms with E-state index in [4.69, 9.17) is 16.7 Å². The van der Waals surface area contributed by atoms with E-state index in [0.717, 1.165) is 0 Å². The molecule has 1 saturated carbocycles. The van der Waals surface area contributed by atoms with Crippen molar-refractivity contribution in [3.05, 3.63) is 28.8 Å². The summed E-state index contributed by atoms with van der Waals surface area (Å²) in [5, 5.41) is 12.0. The van der Waals surface area contributed by atoms with E-state index in [1.807, 2.05) is 0 Å². The third kappa shape index (κ3) is 3.17. The monoisotopic (exact) mass is 338 g/mol. The fraction of sp³-hybridized carbons (Fsp3) is 0.438. The maximum absolute atomic E-state index is 12.3. The molecule has 1 aromatic rings. The van der Waals surface area contributed by atoms with Crippen LogP contribution in [0, 0.1) is 17.3 Å². The number of carbonyl (C=O) groups is 3. The zero-order chi connectivity index (χ0) is 17.5. The molecule has 0 spiro atoms. The molecule has 0 aliphatic heterocycles. The second kappa shape index (κ2) is 5.85. The molecule has 0 bridgehead atoms. The number of aliphatic carboxylic acids is 1. The number of anilines is 1. The second-order valence-electron chi connectivity index (χ2n) is 6.50. The highest BCUT2D eigenvalue weighted by molar-refractivity contribution is 6.34. The van der Waals surface area contributed by atoms with Crippen LogP contribution in [-0.2, 0) is 9.59 Å². The van der Waals surface area contributed by atoms with E-state index in [1.165, 1.54) is 17.0 Å². The number of carbonyl (C=O) groups excluding carboxylic acids is 2. The van der Waals surface area contributed by atoms with Crippen LogP contribution in [0.3, 0.4) is 0 Å². The van der Waals surface area contributed by atoms with Gasteiger partial charge in [0.1, 0.15) is 0 Å². The summed E-state index contributed by atoms with van der Waals surface area (Å²) in [5.74, 6) is -2.83. The minimum absolute atomic E-state index is 0.228. The average Bonchev–Trinajstić information content (AvgIpc) is 3.01. The van der Waals surface area contributed by atoms with Crippen LogP contribution in [0.15, 0.2) is 18.2 Å². The molecule has 1 aromatic carbocycles. The van der Waals surface area contributed by atoms with Crippen molar-refractivity contribution in [1.29, 1.82) is 0 Å². The van der Waals surface area contributed by atoms with Crippen LogP contribution < -0.4 is 5.32 Å². The molecule has 124 valence electrons. The van der Waals surface area contributed by atoms with E-state index >= 15 is 0 Å². The van der Waals surface area contributed by atoms with E-state index in [-0.39, 0.29) is 16.8 Å². The Morgan fingerprint density at radius 1 is 1.22 bits per heavy atom. The van der Waals surface area contributed by atoms with Crippen LogP contribution >= 0.6 is 11.6 Å². The number of nitrogens with zero attached hydrogens (tertiary/aromatic N) is 1. The molecule has 2 N–H and O–H groups in total. The summed E-state index contributed by atoms with van der Waals surface area (Å²) in [7, 11) is 3.24. The van der Waals surface area contributed by atoms with Gasteiger partial charge in [-0.1, -0.05) is 25.4 Å². The molecule has 0 saturated heterocycles. The molecule has 1 aliphatic carbocycles. The predicted octanol–water partition coefficient (Wildman–Crippen LogP) is 2.34. The summed E-state index contributed by atoms with van der Waals surface area (Å²) >= 11 is 6.09. The first-order valence-electron chi connectivity index (χ1n) is 7.12. The Labute approximate surface area is 139 Å². The van der Waals surface area contributed by atoms with Crippen molar-refractivity contribution in [2.45, 2.75) is 13.8 Å². The highest BCUT2D eigenvalue weighted by atomic mass is 35.5. The minimum atomic E-state index is -0.972. The second-order valence-corrected chi connectivity index (χ2v) is 6.91. The van der Waals surface area contributed by atoms with Crippen molar-refractivity contribution < 1.29 is 19.5 Å². The first-order valence-corrected chi connectivity index (χ1v) is 7.50. The number of amides is 2. The third-order valence-corrected chi connectivity index (χ3v) is 4.56. The van der Waals surface area contributed by atoms with Gasteiger partial charge in [-0.25, -0.2) is 0 Å². The van der Waals surface area contributed by atoms with Crippen molar-refractivity contribution in [1.82, 2.24) is 4.90 Å². The lowest BCUT2D eigenvalue weighted by molar-refractivity contribution is -0.140. The van der Waals surface area contributed by atoms with Crippen molar-refractivity contribution >= 4 is 35.1 Å². The van der Waals surface area contributed by atoms with Crippen LogP contribution in [0.25, 0.3) is 0 Å². The zero-order valence-electron chi connectivity index (χ0n) is 13.4. The molecule has 23 heavy (non-hydrogen) atoms. The van der Waals surface area contributed by atoms with Crippen LogP contribution in [0.4, 0.5) is 5.69 Å². The van der Waals surface area contributed by atoms with Crippen LogP contribution in [0.2, 0.25) is 5.02 Å². The molecule has 1 aliphatic rings. The number of hydrogen-bond acceptors (Lipinski definition) is 3. The molecule has 2 amide bonds. The van der Waals surface area contributed by atoms with Gasteiger partial charge in [0.25, 0.3) is 5.91 Å². The van der Waals surface area contributed by atoms with Crippen molar-refractivity contribution in [2.75, 3.05) is 19.4 Å². The number of hydrogen-bond donors (Lipinski definition) is 2. The van der Waals surface area contributed by atoms with E-state index in [1.54, 1.807) is 34.0 Å². The largest absolute Gasteiger partial charge is 0.481 e. The molecule has 0 aromatic heterocycles. The van der Waals surface area contributed by atoms with Gasteiger partial charge in [-0.05, 0) is 23.6 Å². The first-order chi connectivity index (χ1) is 10.6. The maximum Gasteiger partial charge on any atom is 0.307 e. The fourth-order valence-electron chi connectivity index (χ4n) is 2.82. The first kappa shape index (κ1) is 17.3. The Balaban J connectivity index is 2.13. The Morgan fingerprint density at radius 2 is 1.83 bits per heavy atom. The SMILES string of the molecule is CN(C)C(=O)c1ccc(NC(=O)[C@@H]2[C@@H](C(=O)O)C2(C)C)cc1Cl. The fourth-order valence-corrected chi connectivity index (χ4v) is 3.08. The third-order valence-electron chi connectivity index (χ3n) is 4.25. The predicted molar refractivity (Wildman–Crippen MR) is 86.5 cm³/mol. The van der Waals surface area contributed by atoms with Gasteiger partial charge in [0.05, 0.1) is 22.4 Å². The molecule has 6 nitrogen and oxygen atoms in total.